The number of thioether (sulfide) groups is 1. The number of esters is 1. The fourth-order valence-corrected chi connectivity index (χ4v) is 6.99. The van der Waals surface area contributed by atoms with E-state index in [-0.39, 0.29) is 29.8 Å². The van der Waals surface area contributed by atoms with E-state index in [0.717, 1.165) is 47.5 Å². The molecule has 4 nitrogen and oxygen atoms in total. The standard InChI is InChI=1S/C34H41NO3S/c1-6-34(7-2,29-11-10-26(23(3)16-29)8-9-27-22-39-15-14-32(27)36)30-12-13-31(24(4)17-30)28-18-25(20-35-21-28)19-33(37)38-5/h8-13,16-18,20-21,27,32,36H,6-7,14-15,19,22H2,1-5H3/b9-8+. The predicted molar refractivity (Wildman–Crippen MR) is 163 cm³/mol. The topological polar surface area (TPSA) is 59.4 Å². The van der Waals surface area contributed by atoms with Crippen LogP contribution in [0.15, 0.2) is 60.9 Å². The maximum Gasteiger partial charge on any atom is 0.310 e. The van der Waals surface area contributed by atoms with Crippen LogP contribution in [0.4, 0.5) is 0 Å². The van der Waals surface area contributed by atoms with Gasteiger partial charge in [-0.15, -0.1) is 0 Å². The third-order valence-corrected chi connectivity index (χ3v) is 9.52. The van der Waals surface area contributed by atoms with E-state index in [2.05, 4.69) is 81.2 Å². The number of nitrogens with zero attached hydrogens (tertiary/aromatic N) is 1. The lowest BCUT2D eigenvalue weighted by molar-refractivity contribution is -0.139. The summed E-state index contributed by atoms with van der Waals surface area (Å²) in [5, 5.41) is 10.3. The Balaban J connectivity index is 1.63. The van der Waals surface area contributed by atoms with Gasteiger partial charge in [0, 0.05) is 35.0 Å². The number of carbonyl (C=O) groups is 1. The number of aryl methyl sites for hydroxylation is 2. The quantitative estimate of drug-likeness (QED) is 0.287. The average Bonchev–Trinajstić information content (AvgIpc) is 2.94. The fourth-order valence-electron chi connectivity index (χ4n) is 5.81. The third-order valence-electron chi connectivity index (χ3n) is 8.38. The Morgan fingerprint density at radius 1 is 1.08 bits per heavy atom. The van der Waals surface area contributed by atoms with Crippen molar-refractivity contribution in [1.82, 2.24) is 4.98 Å². The van der Waals surface area contributed by atoms with E-state index in [1.54, 1.807) is 6.20 Å². The second-order valence-corrected chi connectivity index (χ2v) is 11.8. The van der Waals surface area contributed by atoms with Gasteiger partial charge in [-0.2, -0.15) is 11.8 Å². The Kier molecular flexibility index (Phi) is 9.68. The third kappa shape index (κ3) is 6.47. The fraction of sp³-hybridized carbons (Fsp3) is 0.412. The van der Waals surface area contributed by atoms with Crippen LogP contribution in [-0.4, -0.2) is 40.8 Å². The van der Waals surface area contributed by atoms with Crippen molar-refractivity contribution in [3.8, 4) is 11.1 Å². The summed E-state index contributed by atoms with van der Waals surface area (Å²) in [6, 6.07) is 15.7. The Morgan fingerprint density at radius 2 is 1.79 bits per heavy atom. The smallest absolute Gasteiger partial charge is 0.310 e. The van der Waals surface area contributed by atoms with E-state index >= 15 is 0 Å². The highest BCUT2D eigenvalue weighted by Gasteiger charge is 2.31. The molecular weight excluding hydrogens is 502 g/mol. The molecule has 1 aliphatic rings. The molecule has 2 aromatic carbocycles. The first-order valence-corrected chi connectivity index (χ1v) is 15.1. The number of aliphatic hydroxyl groups is 1. The summed E-state index contributed by atoms with van der Waals surface area (Å²) in [4.78, 5) is 16.1. The Morgan fingerprint density at radius 3 is 2.44 bits per heavy atom. The Bertz CT molecular complexity index is 1330. The Hall–Kier alpha value is -2.89. The van der Waals surface area contributed by atoms with Crippen LogP contribution >= 0.6 is 11.8 Å². The van der Waals surface area contributed by atoms with Crippen LogP contribution in [0.1, 0.15) is 66.5 Å². The molecule has 1 saturated heterocycles. The summed E-state index contributed by atoms with van der Waals surface area (Å²) >= 11 is 1.93. The maximum absolute atomic E-state index is 11.8. The van der Waals surface area contributed by atoms with E-state index in [9.17, 15) is 9.90 Å². The zero-order valence-corrected chi connectivity index (χ0v) is 24.7. The van der Waals surface area contributed by atoms with Crippen molar-refractivity contribution in [2.45, 2.75) is 64.9 Å². The van der Waals surface area contributed by atoms with Crippen molar-refractivity contribution in [2.75, 3.05) is 18.6 Å². The summed E-state index contributed by atoms with van der Waals surface area (Å²) in [6.07, 6.45) is 10.8. The minimum atomic E-state index is -0.265. The van der Waals surface area contributed by atoms with Gasteiger partial charge in [0.25, 0.3) is 0 Å². The van der Waals surface area contributed by atoms with Crippen LogP contribution in [0.2, 0.25) is 0 Å². The van der Waals surface area contributed by atoms with Gasteiger partial charge in [-0.25, -0.2) is 0 Å². The highest BCUT2D eigenvalue weighted by atomic mass is 32.2. The number of benzene rings is 2. The molecule has 3 aromatic rings. The van der Waals surface area contributed by atoms with Crippen molar-refractivity contribution in [1.29, 1.82) is 0 Å². The van der Waals surface area contributed by atoms with E-state index in [4.69, 9.17) is 4.74 Å². The van der Waals surface area contributed by atoms with Gasteiger partial charge in [0.2, 0.25) is 0 Å². The summed E-state index contributed by atoms with van der Waals surface area (Å²) < 4.78 is 4.82. The summed E-state index contributed by atoms with van der Waals surface area (Å²) in [5.41, 5.74) is 9.21. The zero-order chi connectivity index (χ0) is 28.0. The van der Waals surface area contributed by atoms with Gasteiger partial charge in [0.05, 0.1) is 19.6 Å². The van der Waals surface area contributed by atoms with Gasteiger partial charge in [0.1, 0.15) is 0 Å². The molecule has 1 aromatic heterocycles. The van der Waals surface area contributed by atoms with E-state index in [1.807, 2.05) is 24.0 Å². The van der Waals surface area contributed by atoms with E-state index < -0.39 is 0 Å². The molecule has 0 aliphatic carbocycles. The number of methoxy groups -OCH3 is 1. The molecule has 0 radical (unpaired) electrons. The normalized spacial score (nSPS) is 17.9. The molecule has 0 spiro atoms. The number of ether oxygens (including phenoxy) is 1. The molecule has 39 heavy (non-hydrogen) atoms. The van der Waals surface area contributed by atoms with Crippen LogP contribution in [-0.2, 0) is 21.4 Å². The van der Waals surface area contributed by atoms with E-state index in [1.165, 1.54) is 34.9 Å². The number of hydrogen-bond donors (Lipinski definition) is 1. The number of rotatable bonds is 9. The van der Waals surface area contributed by atoms with Gasteiger partial charge in [0.15, 0.2) is 0 Å². The first-order chi connectivity index (χ1) is 18.8. The first-order valence-electron chi connectivity index (χ1n) is 14.0. The van der Waals surface area contributed by atoms with Crippen LogP contribution in [0.25, 0.3) is 17.2 Å². The Labute approximate surface area is 237 Å². The molecule has 2 atom stereocenters. The van der Waals surface area contributed by atoms with Crippen molar-refractivity contribution in [3.63, 3.8) is 0 Å². The van der Waals surface area contributed by atoms with Gasteiger partial charge < -0.3 is 9.84 Å². The predicted octanol–water partition coefficient (Wildman–Crippen LogP) is 7.31. The molecule has 1 N–H and O–H groups in total. The first kappa shape index (κ1) is 29.1. The lowest BCUT2D eigenvalue weighted by Gasteiger charge is -2.34. The number of carbonyl (C=O) groups excluding carboxylic acids is 1. The van der Waals surface area contributed by atoms with Crippen molar-refractivity contribution >= 4 is 23.8 Å². The number of hydrogen-bond acceptors (Lipinski definition) is 5. The molecule has 2 heterocycles. The van der Waals surface area contributed by atoms with Gasteiger partial charge >= 0.3 is 5.97 Å². The van der Waals surface area contributed by atoms with Crippen LogP contribution in [0, 0.1) is 19.8 Å². The van der Waals surface area contributed by atoms with Crippen molar-refractivity contribution in [2.24, 2.45) is 5.92 Å². The summed E-state index contributed by atoms with van der Waals surface area (Å²) in [7, 11) is 1.41. The monoisotopic (exact) mass is 543 g/mol. The second kappa shape index (κ2) is 13.0. The summed E-state index contributed by atoms with van der Waals surface area (Å²) in [6.45, 7) is 8.89. The molecule has 2 unspecified atom stereocenters. The van der Waals surface area contributed by atoms with Crippen molar-refractivity contribution in [3.05, 3.63) is 94.3 Å². The SMILES string of the molecule is CCC(CC)(c1ccc(/C=C/C2CSCCC2O)c(C)c1)c1ccc(-c2cncc(CC(=O)OC)c2)c(C)c1. The molecular formula is C34H41NO3S. The minimum Gasteiger partial charge on any atom is -0.469 e. The molecule has 5 heteroatoms. The summed E-state index contributed by atoms with van der Waals surface area (Å²) in [5.74, 6) is 2.00. The lowest BCUT2D eigenvalue weighted by atomic mass is 9.69. The van der Waals surface area contributed by atoms with Crippen LogP contribution in [0.3, 0.4) is 0 Å². The molecule has 4 rings (SSSR count). The average molecular weight is 544 g/mol. The van der Waals surface area contributed by atoms with Crippen molar-refractivity contribution < 1.29 is 14.6 Å². The van der Waals surface area contributed by atoms with Gasteiger partial charge in [-0.1, -0.05) is 62.4 Å². The maximum atomic E-state index is 11.8. The number of pyridine rings is 1. The largest absolute Gasteiger partial charge is 0.469 e. The highest BCUT2D eigenvalue weighted by Crippen LogP contribution is 2.41. The van der Waals surface area contributed by atoms with Gasteiger partial charge in [-0.3, -0.25) is 9.78 Å². The molecule has 206 valence electrons. The number of aliphatic hydroxyl groups excluding tert-OH is 1. The number of aromatic nitrogens is 1. The lowest BCUT2D eigenvalue weighted by Crippen LogP contribution is -2.26. The minimum absolute atomic E-state index is 0.0858. The van der Waals surface area contributed by atoms with E-state index in [0.29, 0.717) is 0 Å². The highest BCUT2D eigenvalue weighted by molar-refractivity contribution is 7.99. The molecule has 0 saturated carbocycles. The van der Waals surface area contributed by atoms with Gasteiger partial charge in [-0.05, 0) is 83.9 Å². The van der Waals surface area contributed by atoms with Crippen LogP contribution in [0.5, 0.6) is 0 Å². The van der Waals surface area contributed by atoms with Crippen LogP contribution < -0.4 is 0 Å². The molecule has 1 aliphatic heterocycles. The zero-order valence-electron chi connectivity index (χ0n) is 23.9. The molecule has 1 fully saturated rings. The molecule has 0 bridgehead atoms. The second-order valence-electron chi connectivity index (χ2n) is 10.7. The molecule has 0 amide bonds.